The van der Waals surface area contributed by atoms with Gasteiger partial charge in [0.05, 0.1) is 19.6 Å². The van der Waals surface area contributed by atoms with Crippen molar-refractivity contribution in [3.05, 3.63) is 0 Å². The molecule has 37 heavy (non-hydrogen) atoms. The molecule has 6 amide bonds. The van der Waals surface area contributed by atoms with Crippen LogP contribution in [0.4, 0.5) is 0 Å². The number of rotatable bonds is 19. The van der Waals surface area contributed by atoms with Gasteiger partial charge >= 0.3 is 0 Å². The van der Waals surface area contributed by atoms with Crippen molar-refractivity contribution in [3.63, 3.8) is 0 Å². The van der Waals surface area contributed by atoms with E-state index in [1.807, 2.05) is 13.8 Å². The number of hydrogen-bond donors (Lipinski definition) is 4. The molecule has 13 nitrogen and oxygen atoms in total. The normalized spacial score (nSPS) is 10.5. The Morgan fingerprint density at radius 2 is 1.00 bits per heavy atom. The Balaban J connectivity index is 4.73. The zero-order valence-corrected chi connectivity index (χ0v) is 22.9. The molecule has 0 aromatic rings. The number of carbonyl (C=O) groups excluding carboxylic acids is 6. The van der Waals surface area contributed by atoms with Crippen molar-refractivity contribution in [1.29, 1.82) is 0 Å². The van der Waals surface area contributed by atoms with Gasteiger partial charge in [-0.2, -0.15) is 0 Å². The number of nitrogens with one attached hydrogen (secondary N) is 3. The van der Waals surface area contributed by atoms with Gasteiger partial charge in [0.2, 0.25) is 35.4 Å². The number of primary amides is 1. The van der Waals surface area contributed by atoms with Gasteiger partial charge in [0.1, 0.15) is 23.5 Å². The summed E-state index contributed by atoms with van der Waals surface area (Å²) in [5.74, 6) is -2.09. The van der Waals surface area contributed by atoms with Gasteiger partial charge in [0, 0.05) is 45.3 Å². The molecule has 0 atom stereocenters. The quantitative estimate of drug-likeness (QED) is 0.123. The average Bonchev–Trinajstić information content (AvgIpc) is 2.84. The molecule has 16 heteroatoms. The first-order valence-corrected chi connectivity index (χ1v) is 12.8. The highest BCUT2D eigenvalue weighted by atomic mass is 16.2. The van der Waals surface area contributed by atoms with Gasteiger partial charge in [-0.05, 0) is 19.0 Å². The van der Waals surface area contributed by atoms with Crippen molar-refractivity contribution in [2.75, 3.05) is 58.9 Å². The Morgan fingerprint density at radius 1 is 0.649 bits per heavy atom. The molecule has 0 saturated carbocycles. The molecule has 0 unspecified atom stereocenters. The van der Waals surface area contributed by atoms with E-state index in [1.165, 1.54) is 14.7 Å². The molecule has 0 aromatic carbocycles. The smallest absolute Gasteiger partial charge is 0.239 e. The van der Waals surface area contributed by atoms with Gasteiger partial charge in [0.25, 0.3) is 0 Å². The monoisotopic (exact) mass is 521 g/mol. The van der Waals surface area contributed by atoms with E-state index in [0.717, 1.165) is 0 Å². The lowest BCUT2D eigenvalue weighted by molar-refractivity contribution is -0.135. The molecule has 0 radical (unpaired) electrons. The van der Waals surface area contributed by atoms with Gasteiger partial charge in [-0.3, -0.25) is 28.8 Å². The van der Waals surface area contributed by atoms with Crippen LogP contribution in [0.15, 0.2) is 0 Å². The van der Waals surface area contributed by atoms with E-state index in [9.17, 15) is 28.8 Å². The zero-order valence-electron chi connectivity index (χ0n) is 22.9. The predicted octanol–water partition coefficient (Wildman–Crippen LogP) is -5.66. The molecule has 206 valence electrons. The van der Waals surface area contributed by atoms with E-state index in [-0.39, 0.29) is 94.4 Å². The Kier molecular flexibility index (Phi) is 17.6. The van der Waals surface area contributed by atoms with Crippen LogP contribution in [0.25, 0.3) is 0 Å². The summed E-state index contributed by atoms with van der Waals surface area (Å²) in [6, 6.07) is 0.264. The minimum absolute atomic E-state index is 0.0903. The Morgan fingerprint density at radius 3 is 1.32 bits per heavy atom. The molecule has 0 aliphatic carbocycles. The first kappa shape index (κ1) is 34.0. The van der Waals surface area contributed by atoms with Crippen LogP contribution in [0.1, 0.15) is 13.8 Å². The van der Waals surface area contributed by atoms with Crippen molar-refractivity contribution >= 4 is 59.0 Å². The maximum atomic E-state index is 12.4. The number of amides is 6. The number of carbonyl (C=O) groups is 6. The SMILES string of the molecule is BCC(=O)N(CCNC(=O)CN(CCNC(=O)CN(CCNC(C)C)C(=O)CB)C(=O)CB)CC(N)=O. The second-order valence-electron chi connectivity index (χ2n) is 8.78. The summed E-state index contributed by atoms with van der Waals surface area (Å²) >= 11 is 0. The first-order valence-electron chi connectivity index (χ1n) is 12.8. The third kappa shape index (κ3) is 15.6. The fourth-order valence-corrected chi connectivity index (χ4v) is 3.34. The maximum Gasteiger partial charge on any atom is 0.239 e. The molecule has 0 saturated heterocycles. The largest absolute Gasteiger partial charge is 0.368 e. The van der Waals surface area contributed by atoms with E-state index >= 15 is 0 Å². The van der Waals surface area contributed by atoms with Crippen molar-refractivity contribution in [2.24, 2.45) is 5.73 Å². The number of hydrogen-bond acceptors (Lipinski definition) is 7. The molecular formula is C21H42B3N7O6. The highest BCUT2D eigenvalue weighted by molar-refractivity contribution is 6.20. The van der Waals surface area contributed by atoms with Crippen LogP contribution in [-0.4, -0.2) is 139 Å². The van der Waals surface area contributed by atoms with Crippen LogP contribution in [0, 0.1) is 0 Å². The molecule has 0 spiro atoms. The molecule has 0 aromatic heterocycles. The fourth-order valence-electron chi connectivity index (χ4n) is 3.34. The topological polar surface area (TPSA) is 174 Å². The minimum Gasteiger partial charge on any atom is -0.368 e. The van der Waals surface area contributed by atoms with Gasteiger partial charge in [0.15, 0.2) is 0 Å². The van der Waals surface area contributed by atoms with Gasteiger partial charge in [-0.15, -0.1) is 0 Å². The van der Waals surface area contributed by atoms with Crippen LogP contribution >= 0.6 is 0 Å². The van der Waals surface area contributed by atoms with Crippen molar-refractivity contribution < 1.29 is 28.8 Å². The number of nitrogens with zero attached hydrogens (tertiary/aromatic N) is 3. The fraction of sp³-hybridized carbons (Fsp3) is 0.714. The summed E-state index contributed by atoms with van der Waals surface area (Å²) in [6.45, 7) is 4.85. The van der Waals surface area contributed by atoms with E-state index in [2.05, 4.69) is 16.0 Å². The third-order valence-corrected chi connectivity index (χ3v) is 5.32. The summed E-state index contributed by atoms with van der Waals surface area (Å²) in [4.78, 5) is 76.4. The lowest BCUT2D eigenvalue weighted by Crippen LogP contribution is -2.48. The van der Waals surface area contributed by atoms with Gasteiger partial charge < -0.3 is 36.4 Å². The number of nitrogens with two attached hydrogens (primary N) is 1. The minimum atomic E-state index is -0.649. The summed E-state index contributed by atoms with van der Waals surface area (Å²) in [6.07, 6.45) is 0.668. The summed E-state index contributed by atoms with van der Waals surface area (Å²) in [5, 5.41) is 8.55. The van der Waals surface area contributed by atoms with E-state index in [1.54, 1.807) is 23.5 Å². The van der Waals surface area contributed by atoms with Crippen molar-refractivity contribution in [3.8, 4) is 0 Å². The lowest BCUT2D eigenvalue weighted by atomic mass is 10.0. The second kappa shape index (κ2) is 19.1. The van der Waals surface area contributed by atoms with Crippen LogP contribution in [-0.2, 0) is 28.8 Å². The Hall–Kier alpha value is -3.03. The first-order chi connectivity index (χ1) is 17.4. The molecule has 0 fully saturated rings. The zero-order chi connectivity index (χ0) is 28.4. The summed E-state index contributed by atoms with van der Waals surface area (Å²) < 4.78 is 0. The molecule has 0 bridgehead atoms. The lowest BCUT2D eigenvalue weighted by Gasteiger charge is -2.25. The third-order valence-electron chi connectivity index (χ3n) is 5.32. The Bertz CT molecular complexity index is 788. The van der Waals surface area contributed by atoms with Gasteiger partial charge in [-0.1, -0.05) is 13.8 Å². The van der Waals surface area contributed by atoms with Crippen LogP contribution in [0.5, 0.6) is 0 Å². The standard InChI is InChI=1S/C21H42B3N7O6/c1-15(2)26-3-6-30(20(36)10-23)13-17(33)28-5-8-31(21(37)11-24)14-18(34)27-4-7-29(12-16(25)32)19(35)9-22/h15,26H,3-14,22-24H2,1-2H3,(H2,25,32)(H,27,34)(H,28,33). The van der Waals surface area contributed by atoms with Crippen LogP contribution in [0.2, 0.25) is 19.0 Å². The van der Waals surface area contributed by atoms with Gasteiger partial charge in [-0.25, -0.2) is 0 Å². The molecular weight excluding hydrogens is 479 g/mol. The molecule has 0 aliphatic rings. The molecule has 0 heterocycles. The highest BCUT2D eigenvalue weighted by Gasteiger charge is 2.19. The maximum absolute atomic E-state index is 12.4. The van der Waals surface area contributed by atoms with Crippen LogP contribution < -0.4 is 21.7 Å². The van der Waals surface area contributed by atoms with Crippen molar-refractivity contribution in [2.45, 2.75) is 38.8 Å². The molecule has 5 N–H and O–H groups in total. The predicted molar refractivity (Wildman–Crippen MR) is 148 cm³/mol. The van der Waals surface area contributed by atoms with Crippen LogP contribution in [0.3, 0.4) is 0 Å². The average molecular weight is 521 g/mol. The second-order valence-corrected chi connectivity index (χ2v) is 8.78. The van der Waals surface area contributed by atoms with E-state index < -0.39 is 11.8 Å². The highest BCUT2D eigenvalue weighted by Crippen LogP contribution is 1.96. The van der Waals surface area contributed by atoms with Crippen molar-refractivity contribution in [1.82, 2.24) is 30.7 Å². The molecule has 0 rings (SSSR count). The van der Waals surface area contributed by atoms with E-state index in [4.69, 9.17) is 5.73 Å². The molecule has 0 aliphatic heterocycles. The Labute approximate surface area is 222 Å². The summed E-state index contributed by atoms with van der Waals surface area (Å²) in [5.41, 5.74) is 5.16. The van der Waals surface area contributed by atoms with E-state index in [0.29, 0.717) is 13.1 Å². The summed E-state index contributed by atoms with van der Waals surface area (Å²) in [7, 11) is 5.06.